The summed E-state index contributed by atoms with van der Waals surface area (Å²) >= 11 is 0. The molecular formula is C10H19N. The van der Waals surface area contributed by atoms with Crippen LogP contribution in [-0.2, 0) is 0 Å². The van der Waals surface area contributed by atoms with Crippen LogP contribution in [0.4, 0.5) is 0 Å². The topological polar surface area (TPSA) is 23.9 Å². The predicted molar refractivity (Wildman–Crippen MR) is 51.3 cm³/mol. The summed E-state index contributed by atoms with van der Waals surface area (Å²) in [7, 11) is 0. The molecule has 64 valence electrons. The lowest BCUT2D eigenvalue weighted by atomic mass is 10.1. The molecule has 0 aromatic heterocycles. The van der Waals surface area contributed by atoms with E-state index in [1.165, 1.54) is 31.1 Å². The van der Waals surface area contributed by atoms with E-state index in [-0.39, 0.29) is 0 Å². The Kier molecular flexibility index (Phi) is 7.11. The van der Waals surface area contributed by atoms with Crippen molar-refractivity contribution in [3.63, 3.8) is 0 Å². The molecule has 0 fully saturated rings. The first-order chi connectivity index (χ1) is 5.35. The van der Waals surface area contributed by atoms with Gasteiger partial charge in [0.25, 0.3) is 0 Å². The maximum absolute atomic E-state index is 7.12. The molecule has 0 bridgehead atoms. The molecule has 0 spiro atoms. The van der Waals surface area contributed by atoms with Crippen molar-refractivity contribution in [2.75, 3.05) is 0 Å². The molecule has 0 amide bonds. The quantitative estimate of drug-likeness (QED) is 0.564. The van der Waals surface area contributed by atoms with E-state index >= 15 is 0 Å². The van der Waals surface area contributed by atoms with Crippen molar-refractivity contribution >= 4 is 6.21 Å². The highest BCUT2D eigenvalue weighted by molar-refractivity contribution is 5.75. The zero-order valence-corrected chi connectivity index (χ0v) is 7.69. The van der Waals surface area contributed by atoms with E-state index in [1.54, 1.807) is 0 Å². The van der Waals surface area contributed by atoms with Crippen molar-refractivity contribution in [3.05, 3.63) is 11.6 Å². The van der Waals surface area contributed by atoms with Crippen LogP contribution >= 0.6 is 0 Å². The summed E-state index contributed by atoms with van der Waals surface area (Å²) in [4.78, 5) is 0. The molecule has 1 heteroatoms. The molecule has 0 aromatic rings. The number of allylic oxidation sites excluding steroid dienone is 2. The normalized spacial score (nSPS) is 11.6. The van der Waals surface area contributed by atoms with Gasteiger partial charge in [-0.2, -0.15) is 0 Å². The Labute approximate surface area is 70.0 Å². The lowest BCUT2D eigenvalue weighted by molar-refractivity contribution is 0.798. The van der Waals surface area contributed by atoms with Crippen LogP contribution in [0, 0.1) is 5.41 Å². The molecule has 0 aliphatic heterocycles. The van der Waals surface area contributed by atoms with Crippen molar-refractivity contribution in [3.8, 4) is 0 Å². The van der Waals surface area contributed by atoms with E-state index in [2.05, 4.69) is 19.9 Å². The van der Waals surface area contributed by atoms with Crippen LogP contribution in [-0.4, -0.2) is 6.21 Å². The second kappa shape index (κ2) is 7.52. The molecule has 1 nitrogen and oxygen atoms in total. The fourth-order valence-electron chi connectivity index (χ4n) is 0.944. The number of nitrogens with one attached hydrogen (secondary N) is 1. The summed E-state index contributed by atoms with van der Waals surface area (Å²) in [5.41, 5.74) is 1.20. The van der Waals surface area contributed by atoms with E-state index in [0.29, 0.717) is 0 Å². The third-order valence-electron chi connectivity index (χ3n) is 1.70. The Morgan fingerprint density at radius 3 is 2.45 bits per heavy atom. The van der Waals surface area contributed by atoms with E-state index < -0.39 is 0 Å². The van der Waals surface area contributed by atoms with Crippen molar-refractivity contribution in [2.45, 2.75) is 46.0 Å². The van der Waals surface area contributed by atoms with E-state index in [9.17, 15) is 0 Å². The first-order valence-electron chi connectivity index (χ1n) is 4.54. The highest BCUT2D eigenvalue weighted by atomic mass is 14.3. The minimum Gasteiger partial charge on any atom is -0.308 e. The molecule has 0 unspecified atom stereocenters. The third-order valence-corrected chi connectivity index (χ3v) is 1.70. The second-order valence-corrected chi connectivity index (χ2v) is 2.82. The summed E-state index contributed by atoms with van der Waals surface area (Å²) < 4.78 is 0. The molecule has 0 saturated heterocycles. The van der Waals surface area contributed by atoms with Gasteiger partial charge in [-0.1, -0.05) is 32.8 Å². The Morgan fingerprint density at radius 1 is 1.27 bits per heavy atom. The summed E-state index contributed by atoms with van der Waals surface area (Å²) in [5.74, 6) is 0. The fourth-order valence-corrected chi connectivity index (χ4v) is 0.944. The van der Waals surface area contributed by atoms with Gasteiger partial charge in [0.1, 0.15) is 0 Å². The van der Waals surface area contributed by atoms with Crippen LogP contribution in [0.5, 0.6) is 0 Å². The minimum atomic E-state index is 1.08. The maximum Gasteiger partial charge on any atom is 0.0206 e. The second-order valence-electron chi connectivity index (χ2n) is 2.82. The van der Waals surface area contributed by atoms with Gasteiger partial charge in [-0.05, 0) is 24.8 Å². The van der Waals surface area contributed by atoms with Gasteiger partial charge in [0.15, 0.2) is 0 Å². The number of hydrogen-bond donors (Lipinski definition) is 1. The molecule has 0 saturated carbocycles. The highest BCUT2D eigenvalue weighted by Gasteiger charge is 1.90. The fraction of sp³-hybridized carbons (Fsp3) is 0.700. The summed E-state index contributed by atoms with van der Waals surface area (Å²) in [6.45, 7) is 4.35. The smallest absolute Gasteiger partial charge is 0.0206 e. The molecule has 0 atom stereocenters. The number of hydrogen-bond acceptors (Lipinski definition) is 1. The molecular weight excluding hydrogens is 134 g/mol. The standard InChI is InChI=1S/C10H19N/c1-3-5-7-10(9-11)8-6-4-2/h7,9,11H,3-6,8H2,1-2H3. The summed E-state index contributed by atoms with van der Waals surface area (Å²) in [6, 6.07) is 0. The molecule has 1 N–H and O–H groups in total. The first kappa shape index (κ1) is 10.4. The zero-order chi connectivity index (χ0) is 8.53. The van der Waals surface area contributed by atoms with E-state index in [0.717, 1.165) is 12.8 Å². The molecule has 0 rings (SSSR count). The number of rotatable bonds is 6. The predicted octanol–water partition coefficient (Wildman–Crippen LogP) is 3.55. The van der Waals surface area contributed by atoms with Crippen LogP contribution < -0.4 is 0 Å². The minimum absolute atomic E-state index is 1.08. The van der Waals surface area contributed by atoms with Gasteiger partial charge in [0.2, 0.25) is 0 Å². The molecule has 0 aliphatic rings. The van der Waals surface area contributed by atoms with Crippen LogP contribution in [0.25, 0.3) is 0 Å². The van der Waals surface area contributed by atoms with Crippen molar-refractivity contribution < 1.29 is 0 Å². The van der Waals surface area contributed by atoms with Gasteiger partial charge in [-0.25, -0.2) is 0 Å². The van der Waals surface area contributed by atoms with Crippen molar-refractivity contribution in [1.29, 1.82) is 5.41 Å². The van der Waals surface area contributed by atoms with Crippen LogP contribution in [0.3, 0.4) is 0 Å². The third kappa shape index (κ3) is 5.84. The monoisotopic (exact) mass is 153 g/mol. The molecule has 0 heterocycles. The number of unbranched alkanes of at least 4 members (excludes halogenated alkanes) is 2. The lowest BCUT2D eigenvalue weighted by Crippen LogP contribution is -1.84. The molecule has 0 aliphatic carbocycles. The largest absolute Gasteiger partial charge is 0.308 e. The molecule has 0 radical (unpaired) electrons. The summed E-state index contributed by atoms with van der Waals surface area (Å²) in [5, 5.41) is 7.12. The zero-order valence-electron chi connectivity index (χ0n) is 7.69. The van der Waals surface area contributed by atoms with Gasteiger partial charge in [-0.15, -0.1) is 0 Å². The molecule has 0 aromatic carbocycles. The molecule has 11 heavy (non-hydrogen) atoms. The maximum atomic E-state index is 7.12. The Morgan fingerprint density at radius 2 is 2.00 bits per heavy atom. The Hall–Kier alpha value is -0.590. The van der Waals surface area contributed by atoms with Crippen LogP contribution in [0.15, 0.2) is 11.6 Å². The van der Waals surface area contributed by atoms with Gasteiger partial charge >= 0.3 is 0 Å². The summed E-state index contributed by atoms with van der Waals surface area (Å²) in [6.07, 6.45) is 9.49. The van der Waals surface area contributed by atoms with Crippen LogP contribution in [0.2, 0.25) is 0 Å². The van der Waals surface area contributed by atoms with Gasteiger partial charge in [0.05, 0.1) is 0 Å². The van der Waals surface area contributed by atoms with Crippen LogP contribution in [0.1, 0.15) is 46.0 Å². The average Bonchev–Trinajstić information content (AvgIpc) is 2.05. The first-order valence-corrected chi connectivity index (χ1v) is 4.54. The average molecular weight is 153 g/mol. The van der Waals surface area contributed by atoms with Gasteiger partial charge in [-0.3, -0.25) is 0 Å². The van der Waals surface area contributed by atoms with Crippen molar-refractivity contribution in [2.24, 2.45) is 0 Å². The Bertz CT molecular complexity index is 125. The van der Waals surface area contributed by atoms with E-state index in [1.807, 2.05) is 0 Å². The SMILES string of the molecule is CCCC=C(C=N)CCCC. The van der Waals surface area contributed by atoms with E-state index in [4.69, 9.17) is 5.41 Å². The van der Waals surface area contributed by atoms with Gasteiger partial charge < -0.3 is 5.41 Å². The highest BCUT2D eigenvalue weighted by Crippen LogP contribution is 2.06. The lowest BCUT2D eigenvalue weighted by Gasteiger charge is -1.98. The van der Waals surface area contributed by atoms with Crippen molar-refractivity contribution in [1.82, 2.24) is 0 Å². The van der Waals surface area contributed by atoms with Gasteiger partial charge in [0, 0.05) is 6.21 Å². The Balaban J connectivity index is 3.64.